The second kappa shape index (κ2) is 12.8. The highest BCUT2D eigenvalue weighted by Gasteiger charge is 2.43. The van der Waals surface area contributed by atoms with Crippen molar-refractivity contribution < 1.29 is 44.2 Å². The zero-order chi connectivity index (χ0) is 20.2. The lowest BCUT2D eigenvalue weighted by molar-refractivity contribution is -0.287. The molecule has 0 radical (unpaired) electrons. The predicted octanol–water partition coefficient (Wildman–Crippen LogP) is 0.137. The maximum atomic E-state index is 11.7. The van der Waals surface area contributed by atoms with E-state index in [0.717, 1.165) is 38.4 Å². The molecule has 0 spiro atoms. The average Bonchev–Trinajstić information content (AvgIpc) is 2.64. The summed E-state index contributed by atoms with van der Waals surface area (Å²) in [5.41, 5.74) is 0. The van der Waals surface area contributed by atoms with E-state index in [4.69, 9.17) is 9.47 Å². The van der Waals surface area contributed by atoms with Crippen LogP contribution in [0.3, 0.4) is 0 Å². The van der Waals surface area contributed by atoms with Gasteiger partial charge in [0, 0.05) is 12.8 Å². The number of esters is 2. The first-order chi connectivity index (χ1) is 12.9. The highest BCUT2D eigenvalue weighted by molar-refractivity contribution is 5.69. The van der Waals surface area contributed by atoms with Crippen LogP contribution in [0.25, 0.3) is 0 Å². The molecule has 1 rings (SSSR count). The number of ether oxygens (including phenoxy) is 3. The molecule has 1 saturated heterocycles. The normalized spacial score (nSPS) is 27.8. The van der Waals surface area contributed by atoms with E-state index < -0.39 is 36.7 Å². The topological polar surface area (TPSA) is 143 Å². The minimum Gasteiger partial charge on any atom is -0.463 e. The van der Waals surface area contributed by atoms with Gasteiger partial charge in [0.15, 0.2) is 6.29 Å². The lowest BCUT2D eigenvalue weighted by Gasteiger charge is -2.37. The van der Waals surface area contributed by atoms with E-state index in [1.54, 1.807) is 0 Å². The molecule has 27 heavy (non-hydrogen) atoms. The van der Waals surface area contributed by atoms with E-state index in [1.165, 1.54) is 0 Å². The van der Waals surface area contributed by atoms with Crippen molar-refractivity contribution in [2.75, 3.05) is 6.61 Å². The number of carbonyl (C=O) groups is 2. The first-order valence-corrected chi connectivity index (χ1v) is 9.20. The molecule has 1 heterocycles. The standard InChI is InChI=1S/C18H30O9/c1-2-25-13(19)9-7-5-3-4-6-8-10-14(20)26-11-12-15(21)16(22)17(23)18(24)27-12/h2,12,15-18,21-24H,1,3-11H2/t12-,15+,16+,17-,18+/m1/s1. The smallest absolute Gasteiger partial charge is 0.310 e. The summed E-state index contributed by atoms with van der Waals surface area (Å²) in [7, 11) is 0. The molecule has 0 bridgehead atoms. The van der Waals surface area contributed by atoms with Crippen molar-refractivity contribution in [1.29, 1.82) is 0 Å². The van der Waals surface area contributed by atoms with Crippen LogP contribution in [0.4, 0.5) is 0 Å². The third kappa shape index (κ3) is 8.81. The van der Waals surface area contributed by atoms with Gasteiger partial charge in [-0.25, -0.2) is 0 Å². The lowest BCUT2D eigenvalue weighted by atomic mass is 9.99. The Kier molecular flexibility index (Phi) is 11.1. The summed E-state index contributed by atoms with van der Waals surface area (Å²) < 4.78 is 14.5. The summed E-state index contributed by atoms with van der Waals surface area (Å²) in [4.78, 5) is 22.8. The maximum absolute atomic E-state index is 11.7. The molecule has 0 aliphatic carbocycles. The highest BCUT2D eigenvalue weighted by atomic mass is 16.6. The summed E-state index contributed by atoms with van der Waals surface area (Å²) in [6.45, 7) is 3.00. The van der Waals surface area contributed by atoms with Crippen molar-refractivity contribution >= 4 is 11.9 Å². The lowest BCUT2D eigenvalue weighted by Crippen LogP contribution is -2.58. The zero-order valence-electron chi connectivity index (χ0n) is 15.4. The van der Waals surface area contributed by atoms with Gasteiger partial charge < -0.3 is 34.6 Å². The van der Waals surface area contributed by atoms with Crippen molar-refractivity contribution in [3.8, 4) is 0 Å². The molecule has 156 valence electrons. The Hall–Kier alpha value is -1.52. The summed E-state index contributed by atoms with van der Waals surface area (Å²) in [5.74, 6) is -0.748. The van der Waals surface area contributed by atoms with Crippen molar-refractivity contribution in [1.82, 2.24) is 0 Å². The van der Waals surface area contributed by atoms with E-state index >= 15 is 0 Å². The quantitative estimate of drug-likeness (QED) is 0.208. The van der Waals surface area contributed by atoms with Gasteiger partial charge in [-0.1, -0.05) is 32.3 Å². The second-order valence-corrected chi connectivity index (χ2v) is 6.50. The number of aliphatic hydroxyl groups is 4. The van der Waals surface area contributed by atoms with Crippen LogP contribution in [-0.4, -0.2) is 69.7 Å². The maximum Gasteiger partial charge on any atom is 0.310 e. The average molecular weight is 390 g/mol. The van der Waals surface area contributed by atoms with Gasteiger partial charge >= 0.3 is 11.9 Å². The molecule has 9 heteroatoms. The van der Waals surface area contributed by atoms with Gasteiger partial charge in [0.25, 0.3) is 0 Å². The number of carbonyl (C=O) groups excluding carboxylic acids is 2. The van der Waals surface area contributed by atoms with Gasteiger partial charge in [0.05, 0.1) is 6.26 Å². The summed E-state index contributed by atoms with van der Waals surface area (Å²) in [5, 5.41) is 38.1. The Morgan fingerprint density at radius 2 is 1.41 bits per heavy atom. The van der Waals surface area contributed by atoms with Crippen molar-refractivity contribution in [2.45, 2.75) is 82.1 Å². The zero-order valence-corrected chi connectivity index (χ0v) is 15.4. The van der Waals surface area contributed by atoms with Crippen molar-refractivity contribution in [2.24, 2.45) is 0 Å². The molecule has 1 fully saturated rings. The second-order valence-electron chi connectivity index (χ2n) is 6.50. The van der Waals surface area contributed by atoms with Crippen LogP contribution in [0.5, 0.6) is 0 Å². The predicted molar refractivity (Wildman–Crippen MR) is 93.1 cm³/mol. The highest BCUT2D eigenvalue weighted by Crippen LogP contribution is 2.20. The summed E-state index contributed by atoms with van der Waals surface area (Å²) in [6.07, 6.45) is -0.646. The van der Waals surface area contributed by atoms with Crippen molar-refractivity contribution in [3.05, 3.63) is 12.8 Å². The monoisotopic (exact) mass is 390 g/mol. The molecule has 0 unspecified atom stereocenters. The van der Waals surface area contributed by atoms with E-state index in [1.807, 2.05) is 0 Å². The molecular formula is C18H30O9. The van der Waals surface area contributed by atoms with Crippen LogP contribution in [-0.2, 0) is 23.8 Å². The molecule has 9 nitrogen and oxygen atoms in total. The van der Waals surface area contributed by atoms with Gasteiger partial charge in [0.1, 0.15) is 31.0 Å². The van der Waals surface area contributed by atoms with E-state index in [0.29, 0.717) is 12.8 Å². The first-order valence-electron chi connectivity index (χ1n) is 9.20. The molecular weight excluding hydrogens is 360 g/mol. The molecule has 0 aromatic rings. The SMILES string of the molecule is C=COC(=O)CCCCCCCCC(=O)OC[C@H]1O[C@H](O)[C@H](O)[C@@H](O)[C@H]1O. The van der Waals surface area contributed by atoms with E-state index in [9.17, 15) is 30.0 Å². The minimum atomic E-state index is -1.65. The van der Waals surface area contributed by atoms with Crippen molar-refractivity contribution in [3.63, 3.8) is 0 Å². The van der Waals surface area contributed by atoms with E-state index in [-0.39, 0.29) is 19.0 Å². The molecule has 1 aliphatic rings. The molecule has 0 aromatic heterocycles. The van der Waals surface area contributed by atoms with Gasteiger partial charge in [0.2, 0.25) is 0 Å². The molecule has 0 aromatic carbocycles. The molecule has 5 atom stereocenters. The molecule has 0 saturated carbocycles. The fourth-order valence-electron chi connectivity index (χ4n) is 2.71. The van der Waals surface area contributed by atoms with Gasteiger partial charge in [-0.3, -0.25) is 9.59 Å². The molecule has 1 aliphatic heterocycles. The van der Waals surface area contributed by atoms with Gasteiger partial charge in [-0.15, -0.1) is 0 Å². The molecule has 4 N–H and O–H groups in total. The number of hydrogen-bond acceptors (Lipinski definition) is 9. The fraction of sp³-hybridized carbons (Fsp3) is 0.778. The Morgan fingerprint density at radius 3 is 2.00 bits per heavy atom. The molecule has 0 amide bonds. The third-order valence-corrected chi connectivity index (χ3v) is 4.32. The minimum absolute atomic E-state index is 0.211. The number of aliphatic hydroxyl groups excluding tert-OH is 4. The van der Waals surface area contributed by atoms with Gasteiger partial charge in [-0.2, -0.15) is 0 Å². The number of rotatable bonds is 12. The van der Waals surface area contributed by atoms with Crippen LogP contribution in [0.15, 0.2) is 12.8 Å². The Bertz CT molecular complexity index is 468. The number of unbranched alkanes of at least 4 members (excludes halogenated alkanes) is 5. The first kappa shape index (κ1) is 23.5. The third-order valence-electron chi connectivity index (χ3n) is 4.32. The van der Waals surface area contributed by atoms with E-state index in [2.05, 4.69) is 11.3 Å². The Morgan fingerprint density at radius 1 is 0.852 bits per heavy atom. The fourth-order valence-corrected chi connectivity index (χ4v) is 2.71. The van der Waals surface area contributed by atoms with Gasteiger partial charge in [-0.05, 0) is 12.8 Å². The van der Waals surface area contributed by atoms with Crippen LogP contribution in [0.1, 0.15) is 51.4 Å². The number of hydrogen-bond donors (Lipinski definition) is 4. The Balaban J connectivity index is 2.04. The largest absolute Gasteiger partial charge is 0.463 e. The summed E-state index contributed by atoms with van der Waals surface area (Å²) >= 11 is 0. The summed E-state index contributed by atoms with van der Waals surface area (Å²) in [6, 6.07) is 0. The van der Waals surface area contributed by atoms with Crippen LogP contribution in [0, 0.1) is 0 Å². The van der Waals surface area contributed by atoms with Crippen LogP contribution >= 0.6 is 0 Å². The van der Waals surface area contributed by atoms with Crippen LogP contribution < -0.4 is 0 Å². The Labute approximate surface area is 158 Å². The van der Waals surface area contributed by atoms with Crippen LogP contribution in [0.2, 0.25) is 0 Å².